The molecule has 0 spiro atoms. The predicted octanol–water partition coefficient (Wildman–Crippen LogP) is 3.27. The van der Waals surface area contributed by atoms with Crippen molar-refractivity contribution in [3.63, 3.8) is 0 Å². The first-order valence-electron chi connectivity index (χ1n) is 4.68. The van der Waals surface area contributed by atoms with Crippen molar-refractivity contribution in [2.24, 2.45) is 0 Å². The van der Waals surface area contributed by atoms with Gasteiger partial charge in [-0.05, 0) is 30.5 Å². The average molecular weight is 283 g/mol. The minimum atomic E-state index is 0.654. The highest BCUT2D eigenvalue weighted by Gasteiger charge is 1.99. The molecule has 0 saturated heterocycles. The Morgan fingerprint density at radius 3 is 2.53 bits per heavy atom. The number of rotatable bonds is 3. The maximum absolute atomic E-state index is 5.57. The van der Waals surface area contributed by atoms with Gasteiger partial charge in [-0.3, -0.25) is 0 Å². The molecule has 0 aliphatic heterocycles. The predicted molar refractivity (Wildman–Crippen MR) is 68.1 cm³/mol. The number of hydrogen-bond donors (Lipinski definition) is 1. The molecule has 2 nitrogen and oxygen atoms in total. The van der Waals surface area contributed by atoms with Crippen LogP contribution >= 0.6 is 27.3 Å². The van der Waals surface area contributed by atoms with E-state index < -0.39 is 0 Å². The van der Waals surface area contributed by atoms with Crippen molar-refractivity contribution in [2.45, 2.75) is 12.8 Å². The van der Waals surface area contributed by atoms with Crippen LogP contribution in [0.2, 0.25) is 0 Å². The first-order valence-corrected chi connectivity index (χ1v) is 6.29. The molecule has 0 saturated carbocycles. The van der Waals surface area contributed by atoms with E-state index in [4.69, 9.17) is 5.73 Å². The first-order chi connectivity index (χ1) is 7.24. The molecule has 15 heavy (non-hydrogen) atoms. The molecule has 0 bridgehead atoms. The fourth-order valence-electron chi connectivity index (χ4n) is 1.36. The van der Waals surface area contributed by atoms with Crippen molar-refractivity contribution in [1.29, 1.82) is 0 Å². The quantitative estimate of drug-likeness (QED) is 0.939. The van der Waals surface area contributed by atoms with Crippen molar-refractivity contribution in [2.75, 3.05) is 5.73 Å². The maximum atomic E-state index is 5.57. The van der Waals surface area contributed by atoms with Crippen LogP contribution in [-0.4, -0.2) is 4.98 Å². The van der Waals surface area contributed by atoms with Gasteiger partial charge in [0.25, 0.3) is 0 Å². The molecule has 0 aliphatic rings. The Morgan fingerprint density at radius 1 is 1.20 bits per heavy atom. The Morgan fingerprint density at radius 2 is 1.93 bits per heavy atom. The van der Waals surface area contributed by atoms with Crippen LogP contribution in [-0.2, 0) is 12.8 Å². The number of halogens is 1. The lowest BCUT2D eigenvalue weighted by Gasteiger charge is -1.99. The van der Waals surface area contributed by atoms with Gasteiger partial charge in [0, 0.05) is 15.5 Å². The number of anilines is 1. The molecule has 2 N–H and O–H groups in total. The van der Waals surface area contributed by atoms with Crippen molar-refractivity contribution in [3.8, 4) is 0 Å². The van der Waals surface area contributed by atoms with Crippen molar-refractivity contribution < 1.29 is 0 Å². The standard InChI is InChI=1S/C11H11BrN2S/c12-9-4-1-8(2-5-9)3-6-10-7-14-11(13)15-10/h1-2,4-5,7H,3,6H2,(H2,13,14). The molecule has 78 valence electrons. The molecule has 2 aromatic rings. The Hall–Kier alpha value is -0.870. The van der Waals surface area contributed by atoms with E-state index in [0.717, 1.165) is 17.3 Å². The summed E-state index contributed by atoms with van der Waals surface area (Å²) in [6, 6.07) is 8.40. The van der Waals surface area contributed by atoms with E-state index in [-0.39, 0.29) is 0 Å². The SMILES string of the molecule is Nc1ncc(CCc2ccc(Br)cc2)s1. The van der Waals surface area contributed by atoms with E-state index in [2.05, 4.69) is 45.2 Å². The molecule has 1 aromatic carbocycles. The maximum Gasteiger partial charge on any atom is 0.180 e. The summed E-state index contributed by atoms with van der Waals surface area (Å²) < 4.78 is 1.12. The van der Waals surface area contributed by atoms with Gasteiger partial charge in [-0.15, -0.1) is 11.3 Å². The zero-order valence-corrected chi connectivity index (χ0v) is 10.5. The molecule has 0 unspecified atom stereocenters. The summed E-state index contributed by atoms with van der Waals surface area (Å²) in [7, 11) is 0. The van der Waals surface area contributed by atoms with Gasteiger partial charge >= 0.3 is 0 Å². The number of aryl methyl sites for hydroxylation is 2. The fourth-order valence-corrected chi connectivity index (χ4v) is 2.30. The van der Waals surface area contributed by atoms with E-state index in [9.17, 15) is 0 Å². The third-order valence-electron chi connectivity index (χ3n) is 2.14. The minimum absolute atomic E-state index is 0.654. The topological polar surface area (TPSA) is 38.9 Å². The fraction of sp³-hybridized carbons (Fsp3) is 0.182. The minimum Gasteiger partial charge on any atom is -0.375 e. The molecular weight excluding hydrogens is 272 g/mol. The molecular formula is C11H11BrN2S. The number of nitrogen functional groups attached to an aromatic ring is 1. The third-order valence-corrected chi connectivity index (χ3v) is 3.56. The van der Waals surface area contributed by atoms with Crippen LogP contribution in [0.1, 0.15) is 10.4 Å². The van der Waals surface area contributed by atoms with Gasteiger partial charge in [0.2, 0.25) is 0 Å². The second-order valence-electron chi connectivity index (χ2n) is 3.29. The summed E-state index contributed by atoms with van der Waals surface area (Å²) in [4.78, 5) is 5.28. The molecule has 1 heterocycles. The summed E-state index contributed by atoms with van der Waals surface area (Å²) >= 11 is 4.99. The van der Waals surface area contributed by atoms with Gasteiger partial charge in [-0.25, -0.2) is 4.98 Å². The molecule has 1 aromatic heterocycles. The highest BCUT2D eigenvalue weighted by atomic mass is 79.9. The van der Waals surface area contributed by atoms with E-state index in [1.54, 1.807) is 11.3 Å². The molecule has 0 fully saturated rings. The number of aromatic nitrogens is 1. The second kappa shape index (κ2) is 4.77. The summed E-state index contributed by atoms with van der Waals surface area (Å²) in [5.41, 5.74) is 6.91. The molecule has 0 aliphatic carbocycles. The molecule has 2 rings (SSSR count). The summed E-state index contributed by atoms with van der Waals surface area (Å²) in [6.45, 7) is 0. The smallest absolute Gasteiger partial charge is 0.180 e. The Kier molecular flexibility index (Phi) is 3.38. The van der Waals surface area contributed by atoms with E-state index in [1.165, 1.54) is 10.4 Å². The second-order valence-corrected chi connectivity index (χ2v) is 5.35. The molecule has 0 atom stereocenters. The summed E-state index contributed by atoms with van der Waals surface area (Å²) in [5, 5.41) is 0.654. The molecule has 0 radical (unpaired) electrons. The van der Waals surface area contributed by atoms with Crippen molar-refractivity contribution >= 4 is 32.4 Å². The third kappa shape index (κ3) is 3.04. The number of nitrogens with zero attached hydrogens (tertiary/aromatic N) is 1. The summed E-state index contributed by atoms with van der Waals surface area (Å²) in [6.07, 6.45) is 3.91. The van der Waals surface area contributed by atoms with Crippen LogP contribution in [0.25, 0.3) is 0 Å². The van der Waals surface area contributed by atoms with E-state index >= 15 is 0 Å². The highest BCUT2D eigenvalue weighted by molar-refractivity contribution is 9.10. The van der Waals surface area contributed by atoms with Gasteiger partial charge in [0.1, 0.15) is 0 Å². The van der Waals surface area contributed by atoms with E-state index in [0.29, 0.717) is 5.13 Å². The van der Waals surface area contributed by atoms with E-state index in [1.807, 2.05) is 6.20 Å². The number of hydrogen-bond acceptors (Lipinski definition) is 3. The van der Waals surface area contributed by atoms with Crippen LogP contribution < -0.4 is 5.73 Å². The van der Waals surface area contributed by atoms with Crippen LogP contribution in [0.3, 0.4) is 0 Å². The normalized spacial score (nSPS) is 10.5. The molecule has 4 heteroatoms. The summed E-state index contributed by atoms with van der Waals surface area (Å²) in [5.74, 6) is 0. The lowest BCUT2D eigenvalue weighted by Crippen LogP contribution is -1.88. The lowest BCUT2D eigenvalue weighted by atomic mass is 10.1. The Labute approximate surface area is 101 Å². The number of nitrogens with two attached hydrogens (primary N) is 1. The average Bonchev–Trinajstić information content (AvgIpc) is 2.64. The Balaban J connectivity index is 1.96. The van der Waals surface area contributed by atoms with Gasteiger partial charge in [-0.2, -0.15) is 0 Å². The Bertz CT molecular complexity index is 436. The van der Waals surface area contributed by atoms with Crippen molar-refractivity contribution in [1.82, 2.24) is 4.98 Å². The van der Waals surface area contributed by atoms with Gasteiger partial charge < -0.3 is 5.73 Å². The number of thiazole rings is 1. The number of benzene rings is 1. The van der Waals surface area contributed by atoms with Crippen LogP contribution in [0, 0.1) is 0 Å². The zero-order chi connectivity index (χ0) is 10.7. The van der Waals surface area contributed by atoms with Crippen LogP contribution in [0.5, 0.6) is 0 Å². The first kappa shape index (κ1) is 10.6. The largest absolute Gasteiger partial charge is 0.375 e. The lowest BCUT2D eigenvalue weighted by molar-refractivity contribution is 0.976. The molecule has 0 amide bonds. The highest BCUT2D eigenvalue weighted by Crippen LogP contribution is 2.17. The zero-order valence-electron chi connectivity index (χ0n) is 8.11. The van der Waals surface area contributed by atoms with Crippen LogP contribution in [0.4, 0.5) is 5.13 Å². The van der Waals surface area contributed by atoms with Gasteiger partial charge in [-0.1, -0.05) is 28.1 Å². The van der Waals surface area contributed by atoms with Crippen LogP contribution in [0.15, 0.2) is 34.9 Å². The monoisotopic (exact) mass is 282 g/mol. The van der Waals surface area contributed by atoms with Gasteiger partial charge in [0.05, 0.1) is 0 Å². The van der Waals surface area contributed by atoms with Gasteiger partial charge in [0.15, 0.2) is 5.13 Å². The van der Waals surface area contributed by atoms with Crippen molar-refractivity contribution in [3.05, 3.63) is 45.4 Å².